The Balaban J connectivity index is 1.12. The third-order valence-electron chi connectivity index (χ3n) is 7.25. The van der Waals surface area contributed by atoms with Gasteiger partial charge >= 0.3 is 6.36 Å². The van der Waals surface area contributed by atoms with Crippen LogP contribution in [0.15, 0.2) is 18.2 Å². The summed E-state index contributed by atoms with van der Waals surface area (Å²) in [4.78, 5) is 25.3. The number of ether oxygens (including phenoxy) is 2. The first-order valence-electron chi connectivity index (χ1n) is 11.0. The molecule has 1 aromatic rings. The lowest BCUT2D eigenvalue weighted by Gasteiger charge is -2.40. The van der Waals surface area contributed by atoms with Gasteiger partial charge in [-0.2, -0.15) is 0 Å². The predicted molar refractivity (Wildman–Crippen MR) is 109 cm³/mol. The molecule has 4 aliphatic carbocycles. The number of rotatable bonds is 6. The predicted octanol–water partition coefficient (Wildman–Crippen LogP) is 2.85. The molecular weight excluding hydrogens is 465 g/mol. The van der Waals surface area contributed by atoms with Crippen LogP contribution in [0.5, 0.6) is 5.75 Å². The van der Waals surface area contributed by atoms with Crippen LogP contribution in [0.25, 0.3) is 0 Å². The summed E-state index contributed by atoms with van der Waals surface area (Å²) in [6.07, 6.45) is -3.89. The molecule has 1 aromatic carbocycles. The van der Waals surface area contributed by atoms with Crippen LogP contribution in [0.2, 0.25) is 5.02 Å². The number of amides is 2. The first-order valence-corrected chi connectivity index (χ1v) is 11.4. The van der Waals surface area contributed by atoms with Gasteiger partial charge in [-0.15, -0.1) is 13.2 Å². The van der Waals surface area contributed by atoms with Gasteiger partial charge in [0.25, 0.3) is 5.91 Å². The molecule has 0 spiro atoms. The maximum absolute atomic E-state index is 12.9. The molecule has 33 heavy (non-hydrogen) atoms. The fourth-order valence-electron chi connectivity index (χ4n) is 5.47. The molecule has 5 aliphatic rings. The van der Waals surface area contributed by atoms with Gasteiger partial charge in [-0.3, -0.25) is 14.3 Å². The highest BCUT2D eigenvalue weighted by molar-refractivity contribution is 6.30. The monoisotopic (exact) mass is 488 g/mol. The van der Waals surface area contributed by atoms with E-state index in [9.17, 15) is 27.9 Å². The molecule has 4 fully saturated rings. The minimum absolute atomic E-state index is 0.113. The zero-order valence-electron chi connectivity index (χ0n) is 17.5. The summed E-state index contributed by atoms with van der Waals surface area (Å²) in [5.41, 5.74) is 0.118. The molecule has 1 heterocycles. The number of carbonyl (C=O) groups excluding carboxylic acids is 2. The summed E-state index contributed by atoms with van der Waals surface area (Å²) in [7, 11) is 0. The fourth-order valence-corrected chi connectivity index (χ4v) is 5.65. The van der Waals surface area contributed by atoms with Crippen molar-refractivity contribution >= 4 is 23.4 Å². The van der Waals surface area contributed by atoms with Crippen molar-refractivity contribution in [2.75, 3.05) is 6.61 Å². The molecule has 180 valence electrons. The average molecular weight is 489 g/mol. The van der Waals surface area contributed by atoms with Crippen molar-refractivity contribution in [3.8, 4) is 5.75 Å². The van der Waals surface area contributed by atoms with Crippen LogP contribution < -0.4 is 15.4 Å². The van der Waals surface area contributed by atoms with E-state index in [4.69, 9.17) is 16.3 Å². The molecular formula is C22H24ClF3N2O5. The molecule has 2 amide bonds. The summed E-state index contributed by atoms with van der Waals surface area (Å²) in [5, 5.41) is 16.9. The maximum atomic E-state index is 12.9. The van der Waals surface area contributed by atoms with Gasteiger partial charge in [0.2, 0.25) is 5.91 Å². The molecule has 0 radical (unpaired) electrons. The Kier molecular flexibility index (Phi) is 5.53. The number of hydrogen-bond donors (Lipinski definition) is 3. The third kappa shape index (κ3) is 4.65. The van der Waals surface area contributed by atoms with Crippen LogP contribution in [0, 0.1) is 17.8 Å². The SMILES string of the molecule is O=C(NC12CC(C1)C(NC(=O)[C@@H]1C[C@@H]1COC(F)(F)F)C2)[C@H]1C[C@@H](O)c2cc(Cl)ccc2O1. The average Bonchev–Trinajstić information content (AvgIpc) is 3.33. The van der Waals surface area contributed by atoms with E-state index in [0.29, 0.717) is 29.2 Å². The number of fused-ring (bicyclic) bond motifs is 2. The van der Waals surface area contributed by atoms with Crippen molar-refractivity contribution in [1.29, 1.82) is 0 Å². The van der Waals surface area contributed by atoms with Gasteiger partial charge in [-0.25, -0.2) is 0 Å². The second-order valence-corrected chi connectivity index (χ2v) is 10.1. The smallest absolute Gasteiger partial charge is 0.480 e. The van der Waals surface area contributed by atoms with Crippen LogP contribution >= 0.6 is 11.6 Å². The number of nitrogens with one attached hydrogen (secondary N) is 2. The number of hydrogen-bond acceptors (Lipinski definition) is 5. The minimum Gasteiger partial charge on any atom is -0.480 e. The maximum Gasteiger partial charge on any atom is 0.522 e. The van der Waals surface area contributed by atoms with Gasteiger partial charge in [0, 0.05) is 34.5 Å². The third-order valence-corrected chi connectivity index (χ3v) is 7.49. The summed E-state index contributed by atoms with van der Waals surface area (Å²) in [6.45, 7) is -0.502. The normalized spacial score (nSPS) is 36.3. The van der Waals surface area contributed by atoms with Gasteiger partial charge in [0.15, 0.2) is 6.10 Å². The topological polar surface area (TPSA) is 96.9 Å². The van der Waals surface area contributed by atoms with Gasteiger partial charge < -0.3 is 20.5 Å². The van der Waals surface area contributed by atoms with Gasteiger partial charge in [-0.05, 0) is 55.7 Å². The number of halogens is 4. The van der Waals surface area contributed by atoms with Crippen molar-refractivity contribution in [3.05, 3.63) is 28.8 Å². The van der Waals surface area contributed by atoms with E-state index < -0.39 is 42.6 Å². The van der Waals surface area contributed by atoms with E-state index in [1.54, 1.807) is 18.2 Å². The second kappa shape index (κ2) is 8.02. The van der Waals surface area contributed by atoms with E-state index in [-0.39, 0.29) is 30.2 Å². The van der Waals surface area contributed by atoms with Crippen molar-refractivity contribution in [3.63, 3.8) is 0 Å². The Morgan fingerprint density at radius 3 is 2.70 bits per heavy atom. The minimum atomic E-state index is -4.69. The van der Waals surface area contributed by atoms with Gasteiger partial charge in [-0.1, -0.05) is 11.6 Å². The van der Waals surface area contributed by atoms with E-state index >= 15 is 0 Å². The lowest BCUT2D eigenvalue weighted by Crippen LogP contribution is -2.56. The molecule has 3 N–H and O–H groups in total. The van der Waals surface area contributed by atoms with E-state index in [0.717, 1.165) is 12.8 Å². The van der Waals surface area contributed by atoms with Crippen LogP contribution in [0.1, 0.15) is 43.8 Å². The zero-order valence-corrected chi connectivity index (χ0v) is 18.3. The number of benzene rings is 1. The summed E-state index contributed by atoms with van der Waals surface area (Å²) in [6, 6.07) is 4.76. The molecule has 6 rings (SSSR count). The lowest BCUT2D eigenvalue weighted by atomic mass is 9.76. The highest BCUT2D eigenvalue weighted by Gasteiger charge is 2.58. The molecule has 7 nitrogen and oxygen atoms in total. The van der Waals surface area contributed by atoms with Gasteiger partial charge in [0.05, 0.1) is 12.7 Å². The van der Waals surface area contributed by atoms with E-state index in [2.05, 4.69) is 15.4 Å². The van der Waals surface area contributed by atoms with Crippen LogP contribution in [-0.4, -0.2) is 47.6 Å². The molecule has 5 atom stereocenters. The lowest BCUT2D eigenvalue weighted by molar-refractivity contribution is -0.326. The Morgan fingerprint density at radius 1 is 1.21 bits per heavy atom. The number of aliphatic hydroxyl groups excluding tert-OH is 1. The van der Waals surface area contributed by atoms with Crippen molar-refractivity contribution in [1.82, 2.24) is 10.6 Å². The van der Waals surface area contributed by atoms with E-state index in [1.165, 1.54) is 0 Å². The molecule has 0 saturated heterocycles. The largest absolute Gasteiger partial charge is 0.522 e. The fraction of sp³-hybridized carbons (Fsp3) is 0.636. The number of carbonyl (C=O) groups is 2. The Labute approximate surface area is 192 Å². The van der Waals surface area contributed by atoms with Crippen molar-refractivity contribution < 1.29 is 37.3 Å². The first kappa shape index (κ1) is 22.7. The quantitative estimate of drug-likeness (QED) is 0.572. The Bertz CT molecular complexity index is 968. The summed E-state index contributed by atoms with van der Waals surface area (Å²) < 4.78 is 46.1. The highest BCUT2D eigenvalue weighted by atomic mass is 35.5. The Hall–Kier alpha value is -2.04. The Morgan fingerprint density at radius 2 is 1.97 bits per heavy atom. The summed E-state index contributed by atoms with van der Waals surface area (Å²) in [5.74, 6) is -0.790. The van der Waals surface area contributed by atoms with E-state index in [1.807, 2.05) is 0 Å². The van der Waals surface area contributed by atoms with Crippen LogP contribution in [0.4, 0.5) is 13.2 Å². The van der Waals surface area contributed by atoms with Crippen molar-refractivity contribution in [2.45, 2.75) is 62.3 Å². The molecule has 1 aliphatic heterocycles. The molecule has 11 heteroatoms. The first-order chi connectivity index (χ1) is 15.5. The zero-order chi connectivity index (χ0) is 23.5. The highest BCUT2D eigenvalue weighted by Crippen LogP contribution is 2.52. The molecule has 1 unspecified atom stereocenters. The number of alkyl halides is 3. The molecule has 2 bridgehead atoms. The standard InChI is InChI=1S/C22H24ClF3N2O5/c23-12-1-2-17-14(4-12)16(29)5-18(33-17)20(31)28-21-6-11(7-21)15(8-21)27-19(30)13-3-10(13)9-32-22(24,25)26/h1-2,4,10-11,13,15-16,18,29H,3,5-9H2,(H,27,30)(H,28,31)/t10-,11?,13-,15?,16-,18-,21?/m1/s1. The van der Waals surface area contributed by atoms with Crippen LogP contribution in [0.3, 0.4) is 0 Å². The second-order valence-electron chi connectivity index (χ2n) is 9.66. The van der Waals surface area contributed by atoms with Crippen molar-refractivity contribution in [2.24, 2.45) is 17.8 Å². The van der Waals surface area contributed by atoms with Gasteiger partial charge in [0.1, 0.15) is 5.75 Å². The summed E-state index contributed by atoms with van der Waals surface area (Å²) >= 11 is 5.97. The van der Waals surface area contributed by atoms with Crippen LogP contribution in [-0.2, 0) is 14.3 Å². The molecule has 4 saturated carbocycles. The number of aliphatic hydroxyl groups is 1. The molecule has 0 aromatic heterocycles.